The van der Waals surface area contributed by atoms with E-state index in [4.69, 9.17) is 4.74 Å². The van der Waals surface area contributed by atoms with Crippen LogP contribution in [0.2, 0.25) is 0 Å². The molecule has 0 bridgehead atoms. The normalized spacial score (nSPS) is 11.8. The molecule has 0 aliphatic rings. The largest absolute Gasteiger partial charge is 0.467 e. The van der Waals surface area contributed by atoms with Gasteiger partial charge in [-0.05, 0) is 42.5 Å². The van der Waals surface area contributed by atoms with Crippen molar-refractivity contribution in [3.63, 3.8) is 0 Å². The SMILES string of the molecule is COC(=O)C(Nc1ccccc1C)c1ccc(SC)cc1. The van der Waals surface area contributed by atoms with Crippen LogP contribution in [0.3, 0.4) is 0 Å². The molecule has 1 unspecified atom stereocenters. The van der Waals surface area contributed by atoms with Crippen molar-refractivity contribution in [2.45, 2.75) is 17.9 Å². The molecular weight excluding hydrogens is 282 g/mol. The fraction of sp³-hybridized carbons (Fsp3) is 0.235. The zero-order chi connectivity index (χ0) is 15.2. The van der Waals surface area contributed by atoms with Crippen LogP contribution in [0, 0.1) is 6.92 Å². The fourth-order valence-corrected chi connectivity index (χ4v) is 2.49. The summed E-state index contributed by atoms with van der Waals surface area (Å²) >= 11 is 1.67. The van der Waals surface area contributed by atoms with Crippen LogP contribution in [-0.2, 0) is 9.53 Å². The van der Waals surface area contributed by atoms with Crippen molar-refractivity contribution < 1.29 is 9.53 Å². The van der Waals surface area contributed by atoms with E-state index in [0.717, 1.165) is 16.8 Å². The summed E-state index contributed by atoms with van der Waals surface area (Å²) in [4.78, 5) is 13.3. The second kappa shape index (κ2) is 7.18. The average molecular weight is 301 g/mol. The number of carbonyl (C=O) groups is 1. The van der Waals surface area contributed by atoms with Gasteiger partial charge in [0.1, 0.15) is 0 Å². The van der Waals surface area contributed by atoms with Crippen LogP contribution < -0.4 is 5.32 Å². The molecule has 0 aliphatic carbocycles. The molecule has 0 aromatic heterocycles. The van der Waals surface area contributed by atoms with Gasteiger partial charge >= 0.3 is 5.97 Å². The molecule has 21 heavy (non-hydrogen) atoms. The van der Waals surface area contributed by atoms with Crippen molar-refractivity contribution >= 4 is 23.4 Å². The number of aryl methyl sites for hydroxylation is 1. The van der Waals surface area contributed by atoms with E-state index in [-0.39, 0.29) is 5.97 Å². The molecule has 4 heteroatoms. The number of benzene rings is 2. The second-order valence-corrected chi connectivity index (χ2v) is 5.57. The number of thioether (sulfide) groups is 1. The highest BCUT2D eigenvalue weighted by atomic mass is 32.2. The predicted molar refractivity (Wildman–Crippen MR) is 87.8 cm³/mol. The summed E-state index contributed by atoms with van der Waals surface area (Å²) in [6.07, 6.45) is 2.03. The van der Waals surface area contributed by atoms with Gasteiger partial charge in [0, 0.05) is 10.6 Å². The summed E-state index contributed by atoms with van der Waals surface area (Å²) in [6, 6.07) is 15.3. The van der Waals surface area contributed by atoms with E-state index < -0.39 is 6.04 Å². The summed E-state index contributed by atoms with van der Waals surface area (Å²) < 4.78 is 4.93. The highest BCUT2D eigenvalue weighted by Gasteiger charge is 2.21. The Morgan fingerprint density at radius 3 is 2.38 bits per heavy atom. The third-order valence-corrected chi connectivity index (χ3v) is 4.07. The highest BCUT2D eigenvalue weighted by Crippen LogP contribution is 2.25. The molecule has 0 saturated carbocycles. The molecule has 2 rings (SSSR count). The lowest BCUT2D eigenvalue weighted by atomic mass is 10.1. The maximum atomic E-state index is 12.1. The first-order valence-corrected chi connectivity index (χ1v) is 7.92. The minimum atomic E-state index is -0.507. The van der Waals surface area contributed by atoms with Gasteiger partial charge < -0.3 is 10.1 Å². The van der Waals surface area contributed by atoms with Crippen molar-refractivity contribution in [2.24, 2.45) is 0 Å². The lowest BCUT2D eigenvalue weighted by molar-refractivity contribution is -0.141. The monoisotopic (exact) mass is 301 g/mol. The zero-order valence-corrected chi connectivity index (χ0v) is 13.2. The van der Waals surface area contributed by atoms with Crippen LogP contribution in [0.1, 0.15) is 17.2 Å². The van der Waals surface area contributed by atoms with Gasteiger partial charge in [0.25, 0.3) is 0 Å². The third kappa shape index (κ3) is 3.79. The number of ether oxygens (including phenoxy) is 1. The number of hydrogen-bond donors (Lipinski definition) is 1. The van der Waals surface area contributed by atoms with E-state index in [9.17, 15) is 4.79 Å². The first kappa shape index (κ1) is 15.4. The Kier molecular flexibility index (Phi) is 5.28. The first-order chi connectivity index (χ1) is 10.2. The van der Waals surface area contributed by atoms with E-state index in [0.29, 0.717) is 0 Å². The second-order valence-electron chi connectivity index (χ2n) is 4.69. The molecule has 0 heterocycles. The minimum Gasteiger partial charge on any atom is -0.467 e. The summed E-state index contributed by atoms with van der Waals surface area (Å²) in [7, 11) is 1.41. The van der Waals surface area contributed by atoms with Crippen LogP contribution >= 0.6 is 11.8 Å². The molecule has 1 N–H and O–H groups in total. The highest BCUT2D eigenvalue weighted by molar-refractivity contribution is 7.98. The Labute approximate surface area is 129 Å². The Hall–Kier alpha value is -1.94. The van der Waals surface area contributed by atoms with Gasteiger partial charge in [-0.15, -0.1) is 11.8 Å². The van der Waals surface area contributed by atoms with Gasteiger partial charge in [0.2, 0.25) is 0 Å². The summed E-state index contributed by atoms with van der Waals surface area (Å²) in [6.45, 7) is 2.01. The van der Waals surface area contributed by atoms with Gasteiger partial charge in [0.15, 0.2) is 6.04 Å². The average Bonchev–Trinajstić information content (AvgIpc) is 2.53. The fourth-order valence-electron chi connectivity index (χ4n) is 2.08. The van der Waals surface area contributed by atoms with Crippen molar-refractivity contribution in [1.82, 2.24) is 0 Å². The summed E-state index contributed by atoms with van der Waals surface area (Å²) in [5.41, 5.74) is 2.91. The molecule has 0 radical (unpaired) electrons. The predicted octanol–water partition coefficient (Wildman–Crippen LogP) is 4.04. The van der Waals surface area contributed by atoms with Gasteiger partial charge in [-0.3, -0.25) is 0 Å². The zero-order valence-electron chi connectivity index (χ0n) is 12.4. The third-order valence-electron chi connectivity index (χ3n) is 3.33. The molecule has 1 atom stereocenters. The number of methoxy groups -OCH3 is 1. The maximum absolute atomic E-state index is 12.1. The van der Waals surface area contributed by atoms with Gasteiger partial charge in [-0.1, -0.05) is 30.3 Å². The molecule has 2 aromatic rings. The Morgan fingerprint density at radius 1 is 1.14 bits per heavy atom. The van der Waals surface area contributed by atoms with Gasteiger partial charge in [0.05, 0.1) is 7.11 Å². The standard InChI is InChI=1S/C17H19NO2S/c1-12-6-4-5-7-15(12)18-16(17(19)20-2)13-8-10-14(21-3)11-9-13/h4-11,16,18H,1-3H3. The van der Waals surface area contributed by atoms with E-state index in [2.05, 4.69) is 5.32 Å². The van der Waals surface area contributed by atoms with Crippen LogP contribution in [0.25, 0.3) is 0 Å². The van der Waals surface area contributed by atoms with E-state index >= 15 is 0 Å². The summed E-state index contributed by atoms with van der Waals surface area (Å²) in [5.74, 6) is -0.296. The quantitative estimate of drug-likeness (QED) is 0.668. The Morgan fingerprint density at radius 2 is 1.81 bits per heavy atom. The first-order valence-electron chi connectivity index (χ1n) is 6.69. The van der Waals surface area contributed by atoms with Crippen molar-refractivity contribution in [3.05, 3.63) is 59.7 Å². The minimum absolute atomic E-state index is 0.296. The van der Waals surface area contributed by atoms with Crippen LogP contribution in [0.5, 0.6) is 0 Å². The molecule has 110 valence electrons. The number of carbonyl (C=O) groups excluding carboxylic acids is 1. The molecular formula is C17H19NO2S. The molecule has 0 aliphatic heterocycles. The van der Waals surface area contributed by atoms with Gasteiger partial charge in [-0.2, -0.15) is 0 Å². The van der Waals surface area contributed by atoms with Gasteiger partial charge in [-0.25, -0.2) is 4.79 Å². The number of anilines is 1. The van der Waals surface area contributed by atoms with Crippen molar-refractivity contribution in [3.8, 4) is 0 Å². The smallest absolute Gasteiger partial charge is 0.332 e. The number of esters is 1. The molecule has 3 nitrogen and oxygen atoms in total. The maximum Gasteiger partial charge on any atom is 0.332 e. The lowest BCUT2D eigenvalue weighted by Gasteiger charge is -2.19. The van der Waals surface area contributed by atoms with Crippen LogP contribution in [0.4, 0.5) is 5.69 Å². The lowest BCUT2D eigenvalue weighted by Crippen LogP contribution is -2.22. The van der Waals surface area contributed by atoms with Crippen LogP contribution in [-0.4, -0.2) is 19.3 Å². The van der Waals surface area contributed by atoms with Crippen molar-refractivity contribution in [1.29, 1.82) is 0 Å². The Balaban J connectivity index is 2.30. The van der Waals surface area contributed by atoms with Crippen LogP contribution in [0.15, 0.2) is 53.4 Å². The summed E-state index contributed by atoms with van der Waals surface area (Å²) in [5, 5.41) is 3.27. The topological polar surface area (TPSA) is 38.3 Å². The van der Waals surface area contributed by atoms with Crippen molar-refractivity contribution in [2.75, 3.05) is 18.7 Å². The molecule has 0 spiro atoms. The molecule has 0 fully saturated rings. The van der Waals surface area contributed by atoms with E-state index in [1.54, 1.807) is 11.8 Å². The number of hydrogen-bond acceptors (Lipinski definition) is 4. The molecule has 0 amide bonds. The van der Waals surface area contributed by atoms with E-state index in [1.165, 1.54) is 12.0 Å². The number of nitrogens with one attached hydrogen (secondary N) is 1. The number of para-hydroxylation sites is 1. The molecule has 2 aromatic carbocycles. The Bertz CT molecular complexity index is 610. The molecule has 0 saturated heterocycles. The van der Waals surface area contributed by atoms with E-state index in [1.807, 2.05) is 61.7 Å². The number of rotatable bonds is 5.